The summed E-state index contributed by atoms with van der Waals surface area (Å²) in [5.41, 5.74) is 1.23. The molecule has 1 unspecified atom stereocenters. The summed E-state index contributed by atoms with van der Waals surface area (Å²) in [5.74, 6) is 1.78. The minimum Gasteiger partial charge on any atom is -0.491 e. The van der Waals surface area contributed by atoms with Crippen LogP contribution in [0.5, 0.6) is 11.5 Å². The lowest BCUT2D eigenvalue weighted by Gasteiger charge is -2.11. The van der Waals surface area contributed by atoms with Gasteiger partial charge < -0.3 is 19.5 Å². The summed E-state index contributed by atoms with van der Waals surface area (Å²) in [5, 5.41) is 3.49. The lowest BCUT2D eigenvalue weighted by molar-refractivity contribution is 0.101. The standard InChI is InChI=1S/C16H25NO3/c1-3-7-17-15-12-20-16-11-13(5-6-14(15)16)19-10-9-18-8-4-2/h5-6,11,15,17H,3-4,7-10,12H2,1-2H3. The quantitative estimate of drug-likeness (QED) is 0.706. The highest BCUT2D eigenvalue weighted by atomic mass is 16.5. The van der Waals surface area contributed by atoms with Crippen LogP contribution < -0.4 is 14.8 Å². The number of fused-ring (bicyclic) bond motifs is 1. The van der Waals surface area contributed by atoms with Gasteiger partial charge in [0.2, 0.25) is 0 Å². The van der Waals surface area contributed by atoms with Gasteiger partial charge in [-0.3, -0.25) is 0 Å². The van der Waals surface area contributed by atoms with Gasteiger partial charge in [0, 0.05) is 18.2 Å². The van der Waals surface area contributed by atoms with Gasteiger partial charge in [-0.25, -0.2) is 0 Å². The molecule has 0 spiro atoms. The molecule has 0 bridgehead atoms. The van der Waals surface area contributed by atoms with Crippen LogP contribution in [-0.2, 0) is 4.74 Å². The van der Waals surface area contributed by atoms with Gasteiger partial charge in [-0.2, -0.15) is 0 Å². The van der Waals surface area contributed by atoms with E-state index in [0.29, 0.717) is 25.9 Å². The molecule has 0 radical (unpaired) electrons. The molecule has 0 saturated heterocycles. The first-order chi connectivity index (χ1) is 9.85. The maximum absolute atomic E-state index is 5.72. The van der Waals surface area contributed by atoms with Crippen LogP contribution in [0, 0.1) is 0 Å². The average molecular weight is 279 g/mol. The number of hydrogen-bond acceptors (Lipinski definition) is 4. The molecule has 1 aliphatic heterocycles. The third-order valence-corrected chi connectivity index (χ3v) is 3.25. The summed E-state index contributed by atoms with van der Waals surface area (Å²) < 4.78 is 16.8. The van der Waals surface area contributed by atoms with Crippen LogP contribution in [0.3, 0.4) is 0 Å². The van der Waals surface area contributed by atoms with Crippen molar-refractivity contribution < 1.29 is 14.2 Å². The lowest BCUT2D eigenvalue weighted by Crippen LogP contribution is -2.22. The Balaban J connectivity index is 1.83. The van der Waals surface area contributed by atoms with Crippen LogP contribution in [0.1, 0.15) is 38.3 Å². The zero-order valence-electron chi connectivity index (χ0n) is 12.5. The fourth-order valence-corrected chi connectivity index (χ4v) is 2.23. The van der Waals surface area contributed by atoms with Crippen LogP contribution in [-0.4, -0.2) is 33.0 Å². The third kappa shape index (κ3) is 4.12. The molecule has 0 aliphatic carbocycles. The molecule has 4 heteroatoms. The second-order valence-electron chi connectivity index (χ2n) is 4.98. The summed E-state index contributed by atoms with van der Waals surface area (Å²) in [6.07, 6.45) is 2.17. The average Bonchev–Trinajstić information content (AvgIpc) is 2.87. The van der Waals surface area contributed by atoms with E-state index in [4.69, 9.17) is 14.2 Å². The molecule has 1 atom stereocenters. The van der Waals surface area contributed by atoms with E-state index in [-0.39, 0.29) is 0 Å². The Labute approximate surface area is 121 Å². The Morgan fingerprint density at radius 2 is 2.10 bits per heavy atom. The van der Waals surface area contributed by atoms with Gasteiger partial charge in [0.1, 0.15) is 24.7 Å². The van der Waals surface area contributed by atoms with Crippen LogP contribution in [0.4, 0.5) is 0 Å². The number of benzene rings is 1. The van der Waals surface area contributed by atoms with E-state index in [9.17, 15) is 0 Å². The van der Waals surface area contributed by atoms with Crippen molar-refractivity contribution in [1.29, 1.82) is 0 Å². The topological polar surface area (TPSA) is 39.7 Å². The molecular formula is C16H25NO3. The molecule has 0 aromatic heterocycles. The fourth-order valence-electron chi connectivity index (χ4n) is 2.23. The molecule has 112 valence electrons. The Kier molecular flexibility index (Phi) is 6.15. The van der Waals surface area contributed by atoms with Crippen molar-refractivity contribution >= 4 is 0 Å². The molecule has 0 amide bonds. The Hall–Kier alpha value is -1.26. The summed E-state index contributed by atoms with van der Waals surface area (Å²) in [7, 11) is 0. The van der Waals surface area contributed by atoms with Gasteiger partial charge >= 0.3 is 0 Å². The summed E-state index contributed by atoms with van der Waals surface area (Å²) in [4.78, 5) is 0. The van der Waals surface area contributed by atoms with Crippen molar-refractivity contribution in [1.82, 2.24) is 5.32 Å². The monoisotopic (exact) mass is 279 g/mol. The van der Waals surface area contributed by atoms with Gasteiger partial charge in [0.25, 0.3) is 0 Å². The van der Waals surface area contributed by atoms with E-state index in [1.54, 1.807) is 0 Å². The molecule has 1 aromatic rings. The van der Waals surface area contributed by atoms with E-state index in [1.165, 1.54) is 5.56 Å². The van der Waals surface area contributed by atoms with Gasteiger partial charge in [0.15, 0.2) is 0 Å². The highest BCUT2D eigenvalue weighted by molar-refractivity contribution is 5.45. The maximum Gasteiger partial charge on any atom is 0.127 e. The molecule has 1 heterocycles. The first-order valence-corrected chi connectivity index (χ1v) is 7.55. The first kappa shape index (κ1) is 15.1. The minimum absolute atomic E-state index is 0.312. The lowest BCUT2D eigenvalue weighted by atomic mass is 10.1. The van der Waals surface area contributed by atoms with Gasteiger partial charge in [-0.15, -0.1) is 0 Å². The zero-order chi connectivity index (χ0) is 14.2. The third-order valence-electron chi connectivity index (χ3n) is 3.25. The summed E-state index contributed by atoms with van der Waals surface area (Å²) >= 11 is 0. The number of hydrogen-bond donors (Lipinski definition) is 1. The van der Waals surface area contributed by atoms with Crippen LogP contribution >= 0.6 is 0 Å². The number of rotatable bonds is 9. The van der Waals surface area contributed by atoms with Crippen molar-refractivity contribution in [2.75, 3.05) is 33.0 Å². The minimum atomic E-state index is 0.312. The van der Waals surface area contributed by atoms with Gasteiger partial charge in [0.05, 0.1) is 12.6 Å². The molecule has 4 nitrogen and oxygen atoms in total. The molecule has 20 heavy (non-hydrogen) atoms. The molecule has 0 saturated carbocycles. The molecular weight excluding hydrogens is 254 g/mol. The van der Waals surface area contributed by atoms with Crippen molar-refractivity contribution in [3.8, 4) is 11.5 Å². The maximum atomic E-state index is 5.72. The van der Waals surface area contributed by atoms with E-state index in [1.807, 2.05) is 12.1 Å². The number of nitrogens with one attached hydrogen (secondary N) is 1. The molecule has 1 aromatic carbocycles. The Bertz CT molecular complexity index is 409. The normalized spacial score (nSPS) is 16.8. The molecule has 0 fully saturated rings. The van der Waals surface area contributed by atoms with Gasteiger partial charge in [-0.1, -0.05) is 13.8 Å². The first-order valence-electron chi connectivity index (χ1n) is 7.55. The van der Waals surface area contributed by atoms with Crippen molar-refractivity contribution in [2.24, 2.45) is 0 Å². The Morgan fingerprint density at radius 3 is 2.90 bits per heavy atom. The summed E-state index contributed by atoms with van der Waals surface area (Å²) in [6.45, 7) is 7.99. The van der Waals surface area contributed by atoms with E-state index >= 15 is 0 Å². The zero-order valence-corrected chi connectivity index (χ0v) is 12.5. The van der Waals surface area contributed by atoms with Crippen LogP contribution in [0.2, 0.25) is 0 Å². The second-order valence-corrected chi connectivity index (χ2v) is 4.98. The van der Waals surface area contributed by atoms with Crippen molar-refractivity contribution in [3.05, 3.63) is 23.8 Å². The predicted octanol–water partition coefficient (Wildman–Crippen LogP) is 2.93. The second kappa shape index (κ2) is 8.12. The van der Waals surface area contributed by atoms with E-state index in [0.717, 1.165) is 37.5 Å². The van der Waals surface area contributed by atoms with Crippen molar-refractivity contribution in [3.63, 3.8) is 0 Å². The van der Waals surface area contributed by atoms with Crippen LogP contribution in [0.15, 0.2) is 18.2 Å². The predicted molar refractivity (Wildman–Crippen MR) is 79.6 cm³/mol. The largest absolute Gasteiger partial charge is 0.491 e. The summed E-state index contributed by atoms with van der Waals surface area (Å²) in [6, 6.07) is 6.39. The van der Waals surface area contributed by atoms with E-state index in [2.05, 4.69) is 25.2 Å². The molecule has 1 N–H and O–H groups in total. The molecule has 2 rings (SSSR count). The highest BCUT2D eigenvalue weighted by Crippen LogP contribution is 2.35. The highest BCUT2D eigenvalue weighted by Gasteiger charge is 2.23. The fraction of sp³-hybridized carbons (Fsp3) is 0.625. The van der Waals surface area contributed by atoms with Gasteiger partial charge in [-0.05, 0) is 31.5 Å². The number of ether oxygens (including phenoxy) is 3. The van der Waals surface area contributed by atoms with Crippen LogP contribution in [0.25, 0.3) is 0 Å². The van der Waals surface area contributed by atoms with E-state index < -0.39 is 0 Å². The smallest absolute Gasteiger partial charge is 0.127 e. The Morgan fingerprint density at radius 1 is 1.20 bits per heavy atom. The van der Waals surface area contributed by atoms with Crippen molar-refractivity contribution in [2.45, 2.75) is 32.7 Å². The molecule has 1 aliphatic rings. The SMILES string of the molecule is CCCNC1COc2cc(OCCOCCC)ccc21.